The van der Waals surface area contributed by atoms with Gasteiger partial charge in [0.25, 0.3) is 5.91 Å². The number of morpholine rings is 1. The fourth-order valence-corrected chi connectivity index (χ4v) is 3.36. The monoisotopic (exact) mass is 346 g/mol. The quantitative estimate of drug-likeness (QED) is 0.768. The van der Waals surface area contributed by atoms with Gasteiger partial charge in [0.2, 0.25) is 0 Å². The molecule has 1 amide bonds. The molecular weight excluding hydrogens is 320 g/mol. The first-order valence-electron chi connectivity index (χ1n) is 8.94. The van der Waals surface area contributed by atoms with Crippen LogP contribution in [0.4, 0.5) is 0 Å². The predicted molar refractivity (Wildman–Crippen MR) is 93.0 cm³/mol. The van der Waals surface area contributed by atoms with Crippen LogP contribution in [0.15, 0.2) is 24.3 Å². The van der Waals surface area contributed by atoms with Gasteiger partial charge < -0.3 is 14.4 Å². The first kappa shape index (κ1) is 17.9. The van der Waals surface area contributed by atoms with E-state index in [-0.39, 0.29) is 17.9 Å². The molecule has 1 fully saturated rings. The van der Waals surface area contributed by atoms with Crippen LogP contribution in [0.25, 0.3) is 0 Å². The number of amides is 1. The number of esters is 1. The Balaban J connectivity index is 1.54. The largest absolute Gasteiger partial charge is 0.451 e. The molecule has 6 heteroatoms. The highest BCUT2D eigenvalue weighted by Gasteiger charge is 2.30. The maximum atomic E-state index is 12.5. The number of carbonyl (C=O) groups is 2. The third-order valence-electron chi connectivity index (χ3n) is 5.01. The molecule has 1 aromatic rings. The number of ether oxygens (including phenoxy) is 2. The van der Waals surface area contributed by atoms with Crippen LogP contribution < -0.4 is 0 Å². The van der Waals surface area contributed by atoms with Gasteiger partial charge in [-0.3, -0.25) is 14.5 Å². The molecule has 3 rings (SSSR count). The average molecular weight is 346 g/mol. The van der Waals surface area contributed by atoms with Crippen LogP contribution in [0, 0.1) is 0 Å². The van der Waals surface area contributed by atoms with Gasteiger partial charge in [0.15, 0.2) is 6.10 Å². The Morgan fingerprint density at radius 3 is 2.48 bits per heavy atom. The number of fused-ring (bicyclic) bond motifs is 1. The van der Waals surface area contributed by atoms with Crippen LogP contribution in [0.3, 0.4) is 0 Å². The Bertz CT molecular complexity index is 628. The molecule has 0 aliphatic carbocycles. The fraction of sp³-hybridized carbons (Fsp3) is 0.579. The Kier molecular flexibility index (Phi) is 5.71. The molecule has 25 heavy (non-hydrogen) atoms. The van der Waals surface area contributed by atoms with Crippen LogP contribution in [0.5, 0.6) is 0 Å². The smallest absolute Gasteiger partial charge is 0.323 e. The molecule has 1 aromatic carbocycles. The zero-order valence-electron chi connectivity index (χ0n) is 14.9. The third-order valence-corrected chi connectivity index (χ3v) is 5.01. The number of hydrogen-bond acceptors (Lipinski definition) is 5. The van der Waals surface area contributed by atoms with Gasteiger partial charge in [-0.1, -0.05) is 24.3 Å². The topological polar surface area (TPSA) is 59.1 Å². The highest BCUT2D eigenvalue weighted by Crippen LogP contribution is 2.21. The molecular formula is C19H26N2O4. The first-order valence-corrected chi connectivity index (χ1v) is 8.94. The summed E-state index contributed by atoms with van der Waals surface area (Å²) in [6.07, 6.45) is 0.168. The normalized spacial score (nSPS) is 20.5. The average Bonchev–Trinajstić information content (AvgIpc) is 2.67. The first-order chi connectivity index (χ1) is 12.1. The summed E-state index contributed by atoms with van der Waals surface area (Å²) >= 11 is 0. The van der Waals surface area contributed by atoms with Gasteiger partial charge in [-0.15, -0.1) is 0 Å². The Labute approximate surface area is 148 Å². The number of benzene rings is 1. The Morgan fingerprint density at radius 1 is 1.08 bits per heavy atom. The van der Waals surface area contributed by atoms with E-state index in [0.717, 1.165) is 19.5 Å². The van der Waals surface area contributed by atoms with E-state index in [2.05, 4.69) is 17.0 Å². The molecule has 0 N–H and O–H groups in total. The predicted octanol–water partition coefficient (Wildman–Crippen LogP) is 1.22. The highest BCUT2D eigenvalue weighted by atomic mass is 16.5. The molecule has 2 aliphatic heterocycles. The minimum atomic E-state index is -0.759. The molecule has 6 nitrogen and oxygen atoms in total. The van der Waals surface area contributed by atoms with E-state index in [9.17, 15) is 9.59 Å². The van der Waals surface area contributed by atoms with Gasteiger partial charge in [0, 0.05) is 26.2 Å². The molecule has 0 saturated carbocycles. The summed E-state index contributed by atoms with van der Waals surface area (Å²) in [4.78, 5) is 28.7. The molecule has 0 spiro atoms. The molecule has 2 unspecified atom stereocenters. The van der Waals surface area contributed by atoms with Gasteiger partial charge >= 0.3 is 5.97 Å². The highest BCUT2D eigenvalue weighted by molar-refractivity contribution is 5.84. The number of rotatable bonds is 4. The lowest BCUT2D eigenvalue weighted by atomic mass is 9.99. The lowest BCUT2D eigenvalue weighted by Crippen LogP contribution is -2.48. The van der Waals surface area contributed by atoms with Crippen molar-refractivity contribution in [3.63, 3.8) is 0 Å². The van der Waals surface area contributed by atoms with E-state index in [4.69, 9.17) is 9.47 Å². The summed E-state index contributed by atoms with van der Waals surface area (Å²) in [5.41, 5.74) is 2.60. The Morgan fingerprint density at radius 2 is 1.76 bits per heavy atom. The van der Waals surface area contributed by atoms with E-state index in [1.807, 2.05) is 19.1 Å². The van der Waals surface area contributed by atoms with E-state index in [0.29, 0.717) is 26.3 Å². The lowest BCUT2D eigenvalue weighted by Gasteiger charge is -2.33. The zero-order chi connectivity index (χ0) is 17.8. The van der Waals surface area contributed by atoms with Crippen LogP contribution in [0.1, 0.15) is 25.0 Å². The second kappa shape index (κ2) is 7.97. The van der Waals surface area contributed by atoms with Gasteiger partial charge in [-0.25, -0.2) is 0 Å². The van der Waals surface area contributed by atoms with Crippen molar-refractivity contribution >= 4 is 11.9 Å². The minimum absolute atomic E-state index is 0.146. The molecule has 1 saturated heterocycles. The van der Waals surface area contributed by atoms with Crippen LogP contribution in [-0.2, 0) is 32.0 Å². The maximum Gasteiger partial charge on any atom is 0.323 e. The van der Waals surface area contributed by atoms with E-state index < -0.39 is 6.10 Å². The van der Waals surface area contributed by atoms with Crippen molar-refractivity contribution in [1.82, 2.24) is 9.80 Å². The summed E-state index contributed by atoms with van der Waals surface area (Å²) in [5.74, 6) is -0.485. The minimum Gasteiger partial charge on any atom is -0.451 e. The van der Waals surface area contributed by atoms with Crippen molar-refractivity contribution in [2.75, 3.05) is 32.8 Å². The van der Waals surface area contributed by atoms with Gasteiger partial charge in [-0.2, -0.15) is 0 Å². The summed E-state index contributed by atoms with van der Waals surface area (Å²) in [6, 6.07) is 7.94. The van der Waals surface area contributed by atoms with E-state index >= 15 is 0 Å². The fourth-order valence-electron chi connectivity index (χ4n) is 3.36. The summed E-state index contributed by atoms with van der Waals surface area (Å²) in [6.45, 7) is 7.23. The van der Waals surface area contributed by atoms with Crippen molar-refractivity contribution in [3.05, 3.63) is 35.4 Å². The molecule has 2 aliphatic rings. The molecule has 0 aromatic heterocycles. The second-order valence-corrected chi connectivity index (χ2v) is 6.68. The zero-order valence-corrected chi connectivity index (χ0v) is 14.9. The van der Waals surface area contributed by atoms with Crippen molar-refractivity contribution in [2.24, 2.45) is 0 Å². The van der Waals surface area contributed by atoms with Gasteiger partial charge in [0.1, 0.15) is 6.04 Å². The number of hydrogen-bond donors (Lipinski definition) is 0. The number of nitrogens with zero attached hydrogens (tertiary/aromatic N) is 2. The molecule has 136 valence electrons. The van der Waals surface area contributed by atoms with E-state index in [1.165, 1.54) is 11.1 Å². The Hall–Kier alpha value is -1.92. The molecule has 2 atom stereocenters. The van der Waals surface area contributed by atoms with Crippen molar-refractivity contribution < 1.29 is 19.1 Å². The van der Waals surface area contributed by atoms with Gasteiger partial charge in [-0.05, 0) is 31.4 Å². The molecule has 0 bridgehead atoms. The van der Waals surface area contributed by atoms with Crippen LogP contribution in [-0.4, -0.2) is 66.7 Å². The number of carbonyl (C=O) groups excluding carboxylic acids is 2. The van der Waals surface area contributed by atoms with Crippen LogP contribution in [0.2, 0.25) is 0 Å². The standard InChI is InChI=1S/C19H26N2O4/c1-14(21-8-7-16-5-3-4-6-17(16)13-21)19(23)25-15(2)18(22)20-9-11-24-12-10-20/h3-6,14-15H,7-13H2,1-2H3. The summed E-state index contributed by atoms with van der Waals surface area (Å²) < 4.78 is 10.7. The van der Waals surface area contributed by atoms with Crippen molar-refractivity contribution in [2.45, 2.75) is 39.0 Å². The molecule has 2 heterocycles. The summed E-state index contributed by atoms with van der Waals surface area (Å²) in [7, 11) is 0. The maximum absolute atomic E-state index is 12.5. The molecule has 0 radical (unpaired) electrons. The third kappa shape index (κ3) is 4.19. The van der Waals surface area contributed by atoms with Crippen molar-refractivity contribution in [3.8, 4) is 0 Å². The SMILES string of the molecule is CC(OC(=O)C(C)N1CCc2ccccc2C1)C(=O)N1CCOCC1. The second-order valence-electron chi connectivity index (χ2n) is 6.68. The summed E-state index contributed by atoms with van der Waals surface area (Å²) in [5, 5.41) is 0. The van der Waals surface area contributed by atoms with Crippen molar-refractivity contribution in [1.29, 1.82) is 0 Å². The van der Waals surface area contributed by atoms with E-state index in [1.54, 1.807) is 11.8 Å². The van der Waals surface area contributed by atoms with Gasteiger partial charge in [0.05, 0.1) is 13.2 Å². The lowest BCUT2D eigenvalue weighted by molar-refractivity contribution is -0.164. The van der Waals surface area contributed by atoms with Crippen LogP contribution >= 0.6 is 0 Å².